The van der Waals surface area contributed by atoms with Crippen molar-refractivity contribution in [3.8, 4) is 22.3 Å². The molecule has 0 atom stereocenters. The van der Waals surface area contributed by atoms with Crippen LogP contribution in [0.3, 0.4) is 0 Å². The van der Waals surface area contributed by atoms with Crippen LogP contribution in [0.25, 0.3) is 98.4 Å². The van der Waals surface area contributed by atoms with Gasteiger partial charge in [0.1, 0.15) is 97.5 Å². The molecule has 10 aromatic rings. The van der Waals surface area contributed by atoms with Gasteiger partial charge in [0.2, 0.25) is 0 Å². The molecule has 0 N–H and O–H groups in total. The molecule has 226 valence electrons. The molecule has 0 aliphatic carbocycles. The van der Waals surface area contributed by atoms with Crippen molar-refractivity contribution in [3.05, 3.63) is 78.9 Å². The third-order valence-electron chi connectivity index (χ3n) is 11.2. The molecule has 0 aliphatic rings. The highest BCUT2D eigenvalue weighted by atomic mass is 16.4. The first-order valence-electron chi connectivity index (χ1n) is 17.3. The van der Waals surface area contributed by atoms with Crippen LogP contribution in [0.2, 0.25) is 0 Å². The first kappa shape index (κ1) is 34.4. The monoisotopic (exact) mass is 670 g/mol. The van der Waals surface area contributed by atoms with Gasteiger partial charge < -0.3 is 8.83 Å². The Morgan fingerprint density at radius 3 is 1.29 bits per heavy atom. The Morgan fingerprint density at radius 2 is 0.727 bits per heavy atom. The largest absolute Gasteiger partial charge is 0.452 e. The van der Waals surface area contributed by atoms with Crippen LogP contribution in [0, 0.1) is 0 Å². The highest BCUT2D eigenvalue weighted by Crippen LogP contribution is 2.40. The molecule has 8 aromatic carbocycles. The van der Waals surface area contributed by atoms with E-state index in [-0.39, 0.29) is 60.1 Å². The van der Waals surface area contributed by atoms with Gasteiger partial charge in [0.05, 0.1) is 0 Å². The van der Waals surface area contributed by atoms with E-state index < -0.39 is 0 Å². The van der Waals surface area contributed by atoms with E-state index in [0.717, 1.165) is 43.8 Å². The molecule has 0 saturated carbocycles. The second kappa shape index (κ2) is 11.9. The smallest absolute Gasteiger partial charge is 0.178 e. The van der Waals surface area contributed by atoms with E-state index in [4.69, 9.17) is 95.1 Å². The molecule has 0 aliphatic heterocycles. The summed E-state index contributed by atoms with van der Waals surface area (Å²) in [4.78, 5) is 0. The maximum absolute atomic E-state index is 7.17. The summed E-state index contributed by atoms with van der Waals surface area (Å²) in [6.07, 6.45) is 0. The fourth-order valence-corrected chi connectivity index (χ4v) is 8.39. The van der Waals surface area contributed by atoms with Gasteiger partial charge in [-0.15, -0.1) is 21.9 Å². The Morgan fingerprint density at radius 1 is 0.291 bits per heavy atom. The highest BCUT2D eigenvalue weighted by Gasteiger charge is 2.24. The summed E-state index contributed by atoms with van der Waals surface area (Å²) in [5.74, 6) is 0. The van der Waals surface area contributed by atoms with Gasteiger partial charge in [-0.05, 0) is 91.0 Å². The molecular formula is C42H13B11O2. The third-order valence-corrected chi connectivity index (χ3v) is 11.2. The van der Waals surface area contributed by atoms with Crippen LogP contribution in [0.5, 0.6) is 0 Å². The predicted octanol–water partition coefficient (Wildman–Crippen LogP) is -0.989. The van der Waals surface area contributed by atoms with Gasteiger partial charge in [0, 0.05) is 21.5 Å². The third kappa shape index (κ3) is 4.53. The second-order valence-electron chi connectivity index (χ2n) is 14.0. The molecule has 2 aromatic heterocycles. The summed E-state index contributed by atoms with van der Waals surface area (Å²) < 4.78 is 12.6. The number of para-hydroxylation sites is 1. The van der Waals surface area contributed by atoms with E-state index in [0.29, 0.717) is 54.6 Å². The fourth-order valence-electron chi connectivity index (χ4n) is 8.39. The van der Waals surface area contributed by atoms with Crippen LogP contribution in [-0.2, 0) is 0 Å². The number of furan rings is 2. The van der Waals surface area contributed by atoms with Crippen LogP contribution in [-0.4, -0.2) is 86.3 Å². The lowest BCUT2D eigenvalue weighted by Crippen LogP contribution is -2.51. The number of hydrogen-bond donors (Lipinski definition) is 0. The van der Waals surface area contributed by atoms with Crippen molar-refractivity contribution in [2.45, 2.75) is 0 Å². The summed E-state index contributed by atoms with van der Waals surface area (Å²) in [5.41, 5.74) is 7.28. The van der Waals surface area contributed by atoms with Crippen molar-refractivity contribution >= 4 is 223 Å². The van der Waals surface area contributed by atoms with Crippen molar-refractivity contribution in [1.82, 2.24) is 0 Å². The number of fused-ring (bicyclic) bond motifs is 13. The minimum absolute atomic E-state index is 0.0661. The lowest BCUT2D eigenvalue weighted by Gasteiger charge is -2.29. The molecule has 0 amide bonds. The minimum Gasteiger partial charge on any atom is -0.452 e. The fraction of sp³-hybridized carbons (Fsp3) is 0. The van der Waals surface area contributed by atoms with Gasteiger partial charge in [-0.2, -0.15) is 0 Å². The molecule has 0 unspecified atom stereocenters. The molecule has 10 rings (SSSR count). The Bertz CT molecular complexity index is 3360. The molecule has 55 heavy (non-hydrogen) atoms. The molecule has 0 saturated heterocycles. The Hall–Kier alpha value is -5.15. The van der Waals surface area contributed by atoms with Gasteiger partial charge in [-0.1, -0.05) is 80.7 Å². The average molecular weight is 668 g/mol. The van der Waals surface area contributed by atoms with Crippen LogP contribution in [0.15, 0.2) is 87.7 Å². The van der Waals surface area contributed by atoms with E-state index in [2.05, 4.69) is 18.2 Å². The number of benzene rings is 8. The van der Waals surface area contributed by atoms with Gasteiger partial charge in [-0.3, -0.25) is 0 Å². The molecule has 2 heterocycles. The Labute approximate surface area is 331 Å². The molecule has 0 spiro atoms. The van der Waals surface area contributed by atoms with Gasteiger partial charge in [-0.25, -0.2) is 0 Å². The molecule has 22 radical (unpaired) electrons. The maximum atomic E-state index is 7.17. The molecule has 13 heteroatoms. The Kier molecular flexibility index (Phi) is 7.45. The summed E-state index contributed by atoms with van der Waals surface area (Å²) in [5, 5.41) is 6.14. The van der Waals surface area contributed by atoms with Gasteiger partial charge in [0.25, 0.3) is 0 Å². The first-order valence-corrected chi connectivity index (χ1v) is 17.3. The first-order chi connectivity index (χ1) is 26.4. The summed E-state index contributed by atoms with van der Waals surface area (Å²) in [6, 6.07) is 26.0. The maximum Gasteiger partial charge on any atom is 0.178 e. The highest BCUT2D eigenvalue weighted by molar-refractivity contribution is 6.75. The lowest BCUT2D eigenvalue weighted by atomic mass is 9.58. The molecule has 0 bridgehead atoms. The predicted molar refractivity (Wildman–Crippen MR) is 244 cm³/mol. The van der Waals surface area contributed by atoms with Gasteiger partial charge in [0.15, 0.2) is 11.2 Å². The van der Waals surface area contributed by atoms with Crippen molar-refractivity contribution in [2.75, 3.05) is 0 Å². The minimum atomic E-state index is 0.0661. The number of hydrogen-bond acceptors (Lipinski definition) is 2. The SMILES string of the molecule is [B]c1c([B])c([B])c2c(c1[B])c1c([B])c([B])c([B])c([B])c1c1c([B])c(-c3cccc(-c4ccc5oc6c(ccc7c8ccccc8oc76)c5c4)c3)c([B])c([B])c21. The quantitative estimate of drug-likeness (QED) is 0.175. The van der Waals surface area contributed by atoms with E-state index in [1.807, 2.05) is 60.7 Å². The molecular weight excluding hydrogens is 655 g/mol. The van der Waals surface area contributed by atoms with Gasteiger partial charge >= 0.3 is 0 Å². The van der Waals surface area contributed by atoms with E-state index in [1.54, 1.807) is 0 Å². The van der Waals surface area contributed by atoms with Crippen molar-refractivity contribution < 1.29 is 8.83 Å². The second-order valence-corrected chi connectivity index (χ2v) is 14.0. The van der Waals surface area contributed by atoms with Crippen LogP contribution in [0.4, 0.5) is 0 Å². The topological polar surface area (TPSA) is 26.3 Å². The summed E-state index contributed by atoms with van der Waals surface area (Å²) in [6.45, 7) is 0. The van der Waals surface area contributed by atoms with Crippen molar-refractivity contribution in [1.29, 1.82) is 0 Å². The standard InChI is InChI=1S/C42H13B11O2/c43-30-23(31(44)32(45)25-24(30)26-28(35(48)39(52)37(50)33(26)46)29-27(25)34(47)38(51)40(53)36(29)49)16-5-3-4-14(12-16)15-8-11-22-20(13-15)19-10-9-18-17-6-1-2-7-21(17)54-41(18)42(19)55-22/h1-13H. The van der Waals surface area contributed by atoms with Crippen LogP contribution >= 0.6 is 0 Å². The van der Waals surface area contributed by atoms with E-state index >= 15 is 0 Å². The Balaban J connectivity index is 1.23. The lowest BCUT2D eigenvalue weighted by molar-refractivity contribution is 0.633. The average Bonchev–Trinajstić information content (AvgIpc) is 3.77. The molecule has 2 nitrogen and oxygen atoms in total. The zero-order chi connectivity index (χ0) is 38.3. The van der Waals surface area contributed by atoms with E-state index in [9.17, 15) is 0 Å². The van der Waals surface area contributed by atoms with Crippen molar-refractivity contribution in [3.63, 3.8) is 0 Å². The summed E-state index contributed by atoms with van der Waals surface area (Å²) >= 11 is 0. The number of rotatable bonds is 2. The summed E-state index contributed by atoms with van der Waals surface area (Å²) in [7, 11) is 73.3. The zero-order valence-electron chi connectivity index (χ0n) is 29.2. The zero-order valence-corrected chi connectivity index (χ0v) is 29.2. The van der Waals surface area contributed by atoms with Crippen LogP contribution < -0.4 is 60.1 Å². The normalized spacial score (nSPS) is 12.1. The van der Waals surface area contributed by atoms with E-state index in [1.165, 1.54) is 0 Å². The van der Waals surface area contributed by atoms with Crippen molar-refractivity contribution in [2.24, 2.45) is 0 Å². The van der Waals surface area contributed by atoms with Crippen LogP contribution in [0.1, 0.15) is 0 Å². The molecule has 0 fully saturated rings.